The molecular formula is C16H20O3. The summed E-state index contributed by atoms with van der Waals surface area (Å²) in [4.78, 5) is 0. The van der Waals surface area contributed by atoms with E-state index in [1.807, 2.05) is 30.3 Å². The minimum absolute atomic E-state index is 0.313. The molecule has 1 aromatic heterocycles. The van der Waals surface area contributed by atoms with Crippen LogP contribution in [0.4, 0.5) is 0 Å². The first-order valence-corrected chi connectivity index (χ1v) is 7.11. The zero-order chi connectivity index (χ0) is 13.1. The highest BCUT2D eigenvalue weighted by atomic mass is 16.5. The molecule has 0 saturated carbocycles. The van der Waals surface area contributed by atoms with Gasteiger partial charge in [-0.1, -0.05) is 18.2 Å². The van der Waals surface area contributed by atoms with E-state index in [0.717, 1.165) is 30.4 Å². The Morgan fingerprint density at radius 3 is 2.95 bits per heavy atom. The van der Waals surface area contributed by atoms with E-state index in [1.54, 1.807) is 0 Å². The van der Waals surface area contributed by atoms with Crippen molar-refractivity contribution in [3.8, 4) is 0 Å². The van der Waals surface area contributed by atoms with Crippen LogP contribution >= 0.6 is 0 Å². The number of ether oxygens (including phenoxy) is 1. The highest BCUT2D eigenvalue weighted by Gasteiger charge is 2.18. The van der Waals surface area contributed by atoms with Crippen LogP contribution in [-0.2, 0) is 4.74 Å². The molecule has 3 nitrogen and oxygen atoms in total. The molecule has 2 aromatic rings. The Balaban J connectivity index is 1.61. The van der Waals surface area contributed by atoms with Gasteiger partial charge in [0.15, 0.2) is 0 Å². The molecule has 3 rings (SSSR count). The molecule has 102 valence electrons. The predicted octanol–water partition coefficient (Wildman–Crippen LogP) is 3.82. The maximum atomic E-state index is 10.2. The summed E-state index contributed by atoms with van der Waals surface area (Å²) in [6.07, 6.45) is 4.91. The fourth-order valence-corrected chi connectivity index (χ4v) is 2.69. The minimum atomic E-state index is -0.530. The zero-order valence-corrected chi connectivity index (χ0v) is 11.0. The van der Waals surface area contributed by atoms with Crippen LogP contribution in [-0.4, -0.2) is 17.8 Å². The van der Waals surface area contributed by atoms with Crippen molar-refractivity contribution in [2.24, 2.45) is 0 Å². The van der Waals surface area contributed by atoms with Crippen LogP contribution in [0.15, 0.2) is 34.7 Å². The van der Waals surface area contributed by atoms with Crippen molar-refractivity contribution < 1.29 is 14.3 Å². The molecule has 1 saturated heterocycles. The molecule has 0 aliphatic carbocycles. The van der Waals surface area contributed by atoms with Crippen LogP contribution in [0.5, 0.6) is 0 Å². The first-order valence-electron chi connectivity index (χ1n) is 7.11. The Bertz CT molecular complexity index is 493. The number of rotatable bonds is 4. The lowest BCUT2D eigenvalue weighted by molar-refractivity contribution is 0.000745. The van der Waals surface area contributed by atoms with Crippen molar-refractivity contribution in [3.63, 3.8) is 0 Å². The van der Waals surface area contributed by atoms with Gasteiger partial charge < -0.3 is 14.3 Å². The second kappa shape index (κ2) is 5.76. The average Bonchev–Trinajstić information content (AvgIpc) is 2.90. The molecule has 2 heterocycles. The summed E-state index contributed by atoms with van der Waals surface area (Å²) >= 11 is 0. The van der Waals surface area contributed by atoms with Crippen LogP contribution in [0.25, 0.3) is 11.0 Å². The SMILES string of the molecule is OC(CCC1CCCCO1)c1cc2ccccc2o1. The summed E-state index contributed by atoms with van der Waals surface area (Å²) < 4.78 is 11.4. The van der Waals surface area contributed by atoms with Gasteiger partial charge in [0.05, 0.1) is 6.10 Å². The van der Waals surface area contributed by atoms with Gasteiger partial charge in [-0.2, -0.15) is 0 Å². The van der Waals surface area contributed by atoms with Crippen molar-refractivity contribution in [2.45, 2.75) is 44.3 Å². The highest BCUT2D eigenvalue weighted by Crippen LogP contribution is 2.28. The minimum Gasteiger partial charge on any atom is -0.458 e. The molecular weight excluding hydrogens is 240 g/mol. The third kappa shape index (κ3) is 2.99. The van der Waals surface area contributed by atoms with Gasteiger partial charge in [0.2, 0.25) is 0 Å². The van der Waals surface area contributed by atoms with Gasteiger partial charge in [0.25, 0.3) is 0 Å². The lowest BCUT2D eigenvalue weighted by Crippen LogP contribution is -2.19. The van der Waals surface area contributed by atoms with E-state index in [0.29, 0.717) is 18.3 Å². The number of hydrogen-bond donors (Lipinski definition) is 1. The third-order valence-corrected chi connectivity index (χ3v) is 3.81. The molecule has 0 bridgehead atoms. The Morgan fingerprint density at radius 1 is 1.26 bits per heavy atom. The smallest absolute Gasteiger partial charge is 0.134 e. The summed E-state index contributed by atoms with van der Waals surface area (Å²) in [5.74, 6) is 0.664. The number of hydrogen-bond acceptors (Lipinski definition) is 3. The fourth-order valence-electron chi connectivity index (χ4n) is 2.69. The monoisotopic (exact) mass is 260 g/mol. The summed E-state index contributed by atoms with van der Waals surface area (Å²) in [5, 5.41) is 11.2. The number of aliphatic hydroxyl groups is 1. The highest BCUT2D eigenvalue weighted by molar-refractivity contribution is 5.77. The lowest BCUT2D eigenvalue weighted by atomic mass is 10.0. The van der Waals surface area contributed by atoms with Crippen molar-refractivity contribution >= 4 is 11.0 Å². The van der Waals surface area contributed by atoms with Gasteiger partial charge in [-0.3, -0.25) is 0 Å². The van der Waals surface area contributed by atoms with Gasteiger partial charge in [0, 0.05) is 12.0 Å². The van der Waals surface area contributed by atoms with Gasteiger partial charge in [-0.05, 0) is 44.2 Å². The van der Waals surface area contributed by atoms with E-state index in [1.165, 1.54) is 12.8 Å². The maximum absolute atomic E-state index is 10.2. The summed E-state index contributed by atoms with van der Waals surface area (Å²) in [5.41, 5.74) is 0.838. The average molecular weight is 260 g/mol. The molecule has 1 N–H and O–H groups in total. The van der Waals surface area contributed by atoms with Crippen molar-refractivity contribution in [3.05, 3.63) is 36.1 Å². The number of fused-ring (bicyclic) bond motifs is 1. The van der Waals surface area contributed by atoms with Gasteiger partial charge in [0.1, 0.15) is 17.4 Å². The van der Waals surface area contributed by atoms with Gasteiger partial charge in [-0.25, -0.2) is 0 Å². The van der Waals surface area contributed by atoms with Crippen LogP contribution in [0.3, 0.4) is 0 Å². The molecule has 1 aliphatic rings. The molecule has 1 aromatic carbocycles. The van der Waals surface area contributed by atoms with E-state index in [4.69, 9.17) is 9.15 Å². The molecule has 1 aliphatic heterocycles. The molecule has 19 heavy (non-hydrogen) atoms. The summed E-state index contributed by atoms with van der Waals surface area (Å²) in [6, 6.07) is 9.78. The topological polar surface area (TPSA) is 42.6 Å². The number of para-hydroxylation sites is 1. The van der Waals surface area contributed by atoms with Crippen molar-refractivity contribution in [1.82, 2.24) is 0 Å². The molecule has 0 spiro atoms. The summed E-state index contributed by atoms with van der Waals surface area (Å²) in [7, 11) is 0. The largest absolute Gasteiger partial charge is 0.458 e. The Morgan fingerprint density at radius 2 is 2.16 bits per heavy atom. The van der Waals surface area contributed by atoms with Crippen LogP contribution < -0.4 is 0 Å². The lowest BCUT2D eigenvalue weighted by Gasteiger charge is -2.23. The quantitative estimate of drug-likeness (QED) is 0.908. The second-order valence-corrected chi connectivity index (χ2v) is 5.27. The molecule has 1 fully saturated rings. The van der Waals surface area contributed by atoms with E-state index >= 15 is 0 Å². The Labute approximate surface area is 113 Å². The number of furan rings is 1. The number of benzene rings is 1. The Hall–Kier alpha value is -1.32. The molecule has 0 amide bonds. The normalized spacial score (nSPS) is 21.6. The molecule has 0 radical (unpaired) electrons. The van der Waals surface area contributed by atoms with E-state index < -0.39 is 6.10 Å². The summed E-state index contributed by atoms with van der Waals surface area (Å²) in [6.45, 7) is 0.866. The third-order valence-electron chi connectivity index (χ3n) is 3.81. The van der Waals surface area contributed by atoms with Gasteiger partial charge >= 0.3 is 0 Å². The van der Waals surface area contributed by atoms with Crippen LogP contribution in [0.1, 0.15) is 44.0 Å². The second-order valence-electron chi connectivity index (χ2n) is 5.27. The van der Waals surface area contributed by atoms with Crippen molar-refractivity contribution in [2.75, 3.05) is 6.61 Å². The Kier molecular flexibility index (Phi) is 3.85. The maximum Gasteiger partial charge on any atom is 0.134 e. The van der Waals surface area contributed by atoms with Crippen molar-refractivity contribution in [1.29, 1.82) is 0 Å². The van der Waals surface area contributed by atoms with E-state index in [2.05, 4.69) is 0 Å². The first kappa shape index (κ1) is 12.7. The van der Waals surface area contributed by atoms with Crippen LogP contribution in [0.2, 0.25) is 0 Å². The van der Waals surface area contributed by atoms with E-state index in [-0.39, 0.29) is 0 Å². The predicted molar refractivity (Wildman–Crippen MR) is 74.0 cm³/mol. The van der Waals surface area contributed by atoms with Gasteiger partial charge in [-0.15, -0.1) is 0 Å². The standard InChI is InChI=1S/C16H20O3/c17-14(9-8-13-6-3-4-10-18-13)16-11-12-5-1-2-7-15(12)19-16/h1-2,5,7,11,13-14,17H,3-4,6,8-10H2. The van der Waals surface area contributed by atoms with E-state index in [9.17, 15) is 5.11 Å². The number of aliphatic hydroxyl groups excluding tert-OH is 1. The zero-order valence-electron chi connectivity index (χ0n) is 11.0. The first-order chi connectivity index (χ1) is 9.33. The van der Waals surface area contributed by atoms with Crippen LogP contribution in [0, 0.1) is 0 Å². The molecule has 2 unspecified atom stereocenters. The molecule has 3 heteroatoms. The molecule has 2 atom stereocenters. The fraction of sp³-hybridized carbons (Fsp3) is 0.500.